The number of thiocarbonyl (C=S) groups is 1. The minimum atomic E-state index is -0.594. The van der Waals surface area contributed by atoms with Gasteiger partial charge >= 0.3 is 0 Å². The fourth-order valence-corrected chi connectivity index (χ4v) is 2.14. The number of hydrogen-bond acceptors (Lipinski definition) is 6. The molecular weight excluding hydrogens is 396 g/mol. The van der Waals surface area contributed by atoms with Gasteiger partial charge in [0.15, 0.2) is 11.7 Å². The number of amides is 2. The number of rotatable bonds is 5. The summed E-state index contributed by atoms with van der Waals surface area (Å²) in [5, 5.41) is 13.1. The Hall–Kier alpha value is -3.24. The van der Waals surface area contributed by atoms with Crippen molar-refractivity contribution in [3.8, 4) is 5.75 Å². The number of carbonyl (C=O) groups is 2. The van der Waals surface area contributed by atoms with Gasteiger partial charge in [-0.2, -0.15) is 0 Å². The molecule has 9 nitrogen and oxygen atoms in total. The smallest absolute Gasteiger partial charge is 0.276 e. The number of halogens is 1. The Morgan fingerprint density at radius 2 is 1.78 bits per heavy atom. The van der Waals surface area contributed by atoms with Crippen molar-refractivity contribution in [2.24, 2.45) is 0 Å². The maximum Gasteiger partial charge on any atom is 0.276 e. The molecule has 3 N–H and O–H groups in total. The van der Waals surface area contributed by atoms with Gasteiger partial charge in [-0.3, -0.25) is 35.9 Å². The Kier molecular flexibility index (Phi) is 7.03. The summed E-state index contributed by atoms with van der Waals surface area (Å²) in [7, 11) is 0. The van der Waals surface area contributed by atoms with Crippen molar-refractivity contribution in [2.75, 3.05) is 6.61 Å². The first-order valence-electron chi connectivity index (χ1n) is 7.39. The Morgan fingerprint density at radius 1 is 1.11 bits per heavy atom. The summed E-state index contributed by atoms with van der Waals surface area (Å²) in [4.78, 5) is 33.7. The number of hydrazine groups is 1. The molecule has 2 amide bonds. The largest absolute Gasteiger partial charge is 0.482 e. The number of carbonyl (C=O) groups excluding carboxylic acids is 2. The van der Waals surface area contributed by atoms with Crippen LogP contribution in [0.4, 0.5) is 5.69 Å². The molecule has 0 saturated carbocycles. The number of hydrogen-bond donors (Lipinski definition) is 3. The topological polar surface area (TPSA) is 123 Å². The Balaban J connectivity index is 1.76. The van der Waals surface area contributed by atoms with E-state index < -0.39 is 16.7 Å². The molecular formula is C16H13ClN4O5S. The number of nitrogens with one attached hydrogen (secondary N) is 3. The molecule has 0 fully saturated rings. The fraction of sp³-hybridized carbons (Fsp3) is 0.0625. The summed E-state index contributed by atoms with van der Waals surface area (Å²) in [6, 6.07) is 11.6. The van der Waals surface area contributed by atoms with E-state index in [1.807, 2.05) is 0 Å². The summed E-state index contributed by atoms with van der Waals surface area (Å²) in [5.41, 5.74) is 4.62. The molecule has 140 valence electrons. The molecule has 0 aliphatic heterocycles. The van der Waals surface area contributed by atoms with E-state index in [1.54, 1.807) is 24.3 Å². The van der Waals surface area contributed by atoms with Gasteiger partial charge in [0.25, 0.3) is 17.5 Å². The van der Waals surface area contributed by atoms with Crippen molar-refractivity contribution in [2.45, 2.75) is 0 Å². The molecule has 0 bridgehead atoms. The van der Waals surface area contributed by atoms with Crippen LogP contribution < -0.4 is 20.9 Å². The predicted molar refractivity (Wildman–Crippen MR) is 101 cm³/mol. The zero-order chi connectivity index (χ0) is 19.8. The second-order valence-electron chi connectivity index (χ2n) is 4.98. The van der Waals surface area contributed by atoms with Gasteiger partial charge in [0.2, 0.25) is 0 Å². The van der Waals surface area contributed by atoms with Gasteiger partial charge in [0.05, 0.1) is 9.95 Å². The first-order valence-corrected chi connectivity index (χ1v) is 8.17. The van der Waals surface area contributed by atoms with E-state index in [0.717, 1.165) is 0 Å². The number of non-ortho nitro benzene ring substituents is 1. The van der Waals surface area contributed by atoms with Gasteiger partial charge in [-0.15, -0.1) is 0 Å². The molecule has 0 unspecified atom stereocenters. The van der Waals surface area contributed by atoms with Crippen LogP contribution in [0.1, 0.15) is 10.4 Å². The van der Waals surface area contributed by atoms with Gasteiger partial charge in [-0.25, -0.2) is 0 Å². The van der Waals surface area contributed by atoms with E-state index in [1.165, 1.54) is 24.3 Å². The first kappa shape index (κ1) is 20.1. The molecule has 27 heavy (non-hydrogen) atoms. The summed E-state index contributed by atoms with van der Waals surface area (Å²) < 4.78 is 5.24. The molecule has 0 heterocycles. The molecule has 2 rings (SSSR count). The monoisotopic (exact) mass is 408 g/mol. The van der Waals surface area contributed by atoms with Crippen molar-refractivity contribution in [3.05, 3.63) is 69.2 Å². The van der Waals surface area contributed by atoms with E-state index in [4.69, 9.17) is 28.6 Å². The third-order valence-electron chi connectivity index (χ3n) is 3.08. The van der Waals surface area contributed by atoms with Gasteiger partial charge in [0.1, 0.15) is 5.75 Å². The van der Waals surface area contributed by atoms with Crippen LogP contribution in [0.15, 0.2) is 48.5 Å². The van der Waals surface area contributed by atoms with Crippen molar-refractivity contribution < 1.29 is 19.2 Å². The van der Waals surface area contributed by atoms with Crippen LogP contribution >= 0.6 is 23.8 Å². The number of ether oxygens (including phenoxy) is 1. The van der Waals surface area contributed by atoms with E-state index in [-0.39, 0.29) is 23.0 Å². The highest BCUT2D eigenvalue weighted by Crippen LogP contribution is 2.22. The van der Waals surface area contributed by atoms with Crippen LogP contribution in [0.5, 0.6) is 5.75 Å². The minimum Gasteiger partial charge on any atom is -0.482 e. The zero-order valence-electron chi connectivity index (χ0n) is 13.6. The fourth-order valence-electron chi connectivity index (χ4n) is 1.81. The molecule has 0 aliphatic rings. The Bertz CT molecular complexity index is 875. The van der Waals surface area contributed by atoms with Crippen molar-refractivity contribution in [1.82, 2.24) is 16.2 Å². The number of nitro groups is 1. The van der Waals surface area contributed by atoms with E-state index in [0.29, 0.717) is 10.8 Å². The molecule has 2 aromatic rings. The lowest BCUT2D eigenvalue weighted by Crippen LogP contribution is -2.49. The molecule has 0 aromatic heterocycles. The lowest BCUT2D eigenvalue weighted by atomic mass is 10.2. The van der Waals surface area contributed by atoms with Gasteiger partial charge in [-0.1, -0.05) is 23.7 Å². The van der Waals surface area contributed by atoms with Crippen LogP contribution in [0.25, 0.3) is 0 Å². The Labute approximate surface area is 163 Å². The second kappa shape index (κ2) is 9.46. The third-order valence-corrected chi connectivity index (χ3v) is 3.59. The van der Waals surface area contributed by atoms with E-state index in [2.05, 4.69) is 16.2 Å². The standard InChI is InChI=1S/C16H13ClN4O5S/c17-12-3-1-2-4-13(12)26-9-14(22)19-20-16(27)18-15(23)10-5-7-11(8-6-10)21(24)25/h1-8H,9H2,(H,19,22)(H2,18,20,23,27). The summed E-state index contributed by atoms with van der Waals surface area (Å²) in [6.07, 6.45) is 0. The number of nitro benzene ring substituents is 1. The molecule has 0 atom stereocenters. The van der Waals surface area contributed by atoms with Crippen molar-refractivity contribution in [1.29, 1.82) is 0 Å². The molecule has 11 heteroatoms. The third kappa shape index (κ3) is 6.20. The minimum absolute atomic E-state index is 0.141. The van der Waals surface area contributed by atoms with Gasteiger partial charge in [0, 0.05) is 17.7 Å². The van der Waals surface area contributed by atoms with Crippen LogP contribution in [0, 0.1) is 10.1 Å². The first-order chi connectivity index (χ1) is 12.9. The van der Waals surface area contributed by atoms with E-state index in [9.17, 15) is 19.7 Å². The highest BCUT2D eigenvalue weighted by atomic mass is 35.5. The van der Waals surface area contributed by atoms with Gasteiger partial charge in [-0.05, 0) is 36.5 Å². The lowest BCUT2D eigenvalue weighted by Gasteiger charge is -2.11. The zero-order valence-corrected chi connectivity index (χ0v) is 15.2. The van der Waals surface area contributed by atoms with Crippen molar-refractivity contribution in [3.63, 3.8) is 0 Å². The second-order valence-corrected chi connectivity index (χ2v) is 5.79. The maximum absolute atomic E-state index is 12.0. The summed E-state index contributed by atoms with van der Waals surface area (Å²) in [6.45, 7) is -0.324. The molecule has 0 saturated heterocycles. The van der Waals surface area contributed by atoms with Crippen LogP contribution in [0.2, 0.25) is 5.02 Å². The van der Waals surface area contributed by atoms with Crippen molar-refractivity contribution >= 4 is 46.4 Å². The number of nitrogens with zero attached hydrogens (tertiary/aromatic N) is 1. The SMILES string of the molecule is O=C(COc1ccccc1Cl)NNC(=S)NC(=O)c1ccc([N+](=O)[O-])cc1. The molecule has 0 aliphatic carbocycles. The lowest BCUT2D eigenvalue weighted by molar-refractivity contribution is -0.384. The number of benzene rings is 2. The highest BCUT2D eigenvalue weighted by Gasteiger charge is 2.11. The van der Waals surface area contributed by atoms with Gasteiger partial charge < -0.3 is 4.74 Å². The van der Waals surface area contributed by atoms with Crippen LogP contribution in [-0.4, -0.2) is 28.5 Å². The Morgan fingerprint density at radius 3 is 2.41 bits per heavy atom. The van der Waals surface area contributed by atoms with E-state index >= 15 is 0 Å². The van der Waals surface area contributed by atoms with Crippen LogP contribution in [-0.2, 0) is 4.79 Å². The molecule has 0 spiro atoms. The average molecular weight is 409 g/mol. The molecule has 0 radical (unpaired) electrons. The molecule has 2 aromatic carbocycles. The predicted octanol–water partition coefficient (Wildman–Crippen LogP) is 1.96. The highest BCUT2D eigenvalue weighted by molar-refractivity contribution is 7.80. The quantitative estimate of drug-likeness (QED) is 0.392. The normalized spacial score (nSPS) is 9.81. The van der Waals surface area contributed by atoms with Crippen LogP contribution in [0.3, 0.4) is 0 Å². The maximum atomic E-state index is 12.0. The number of para-hydroxylation sites is 1. The average Bonchev–Trinajstić information content (AvgIpc) is 2.65. The summed E-state index contributed by atoms with van der Waals surface area (Å²) >= 11 is 10.8. The summed E-state index contributed by atoms with van der Waals surface area (Å²) in [5.74, 6) is -0.797.